The average Bonchev–Trinajstić information content (AvgIpc) is 2.28. The molecule has 1 aliphatic rings. The second-order valence-corrected chi connectivity index (χ2v) is 5.69. The molecule has 0 amide bonds. The van der Waals surface area contributed by atoms with Crippen LogP contribution in [-0.4, -0.2) is 7.05 Å². The van der Waals surface area contributed by atoms with E-state index in [0.717, 1.165) is 0 Å². The van der Waals surface area contributed by atoms with E-state index in [9.17, 15) is 0 Å². The van der Waals surface area contributed by atoms with Gasteiger partial charge in [-0.2, -0.15) is 0 Å². The smallest absolute Gasteiger partial charge is 0.0550 e. The van der Waals surface area contributed by atoms with E-state index in [4.69, 9.17) is 0 Å². The van der Waals surface area contributed by atoms with Crippen LogP contribution in [0.5, 0.6) is 0 Å². The molecule has 1 nitrogen and oxygen atoms in total. The molecule has 3 rings (SSSR count). The van der Waals surface area contributed by atoms with E-state index in [-0.39, 0.29) is 0 Å². The fourth-order valence-electron chi connectivity index (χ4n) is 2.21. The lowest BCUT2D eigenvalue weighted by Gasteiger charge is -2.29. The summed E-state index contributed by atoms with van der Waals surface area (Å²) in [5, 5.41) is 0. The standard InChI is InChI=1S/C15H15NS/c1-10-4-6-12-14(8-10)17-15-9-11(2)5-7-13(15)16(12)3/h4-9H,1-3H3. The normalized spacial score (nSPS) is 13.2. The summed E-state index contributed by atoms with van der Waals surface area (Å²) in [7, 11) is 2.14. The summed E-state index contributed by atoms with van der Waals surface area (Å²) in [5.74, 6) is 0. The Morgan fingerprint density at radius 3 is 1.76 bits per heavy atom. The number of rotatable bonds is 0. The summed E-state index contributed by atoms with van der Waals surface area (Å²) in [6.07, 6.45) is 0. The highest BCUT2D eigenvalue weighted by atomic mass is 32.2. The van der Waals surface area contributed by atoms with E-state index in [0.29, 0.717) is 0 Å². The number of nitrogens with zero attached hydrogens (tertiary/aromatic N) is 1. The largest absolute Gasteiger partial charge is 0.343 e. The Morgan fingerprint density at radius 2 is 1.29 bits per heavy atom. The van der Waals surface area contributed by atoms with Gasteiger partial charge in [-0.25, -0.2) is 0 Å². The minimum atomic E-state index is 1.30. The fourth-order valence-corrected chi connectivity index (χ4v) is 3.55. The second-order valence-electron chi connectivity index (χ2n) is 4.60. The first-order valence-electron chi connectivity index (χ1n) is 5.78. The molecule has 0 bridgehead atoms. The van der Waals surface area contributed by atoms with Crippen LogP contribution in [0, 0.1) is 13.8 Å². The molecule has 0 radical (unpaired) electrons. The van der Waals surface area contributed by atoms with E-state index in [1.54, 1.807) is 0 Å². The van der Waals surface area contributed by atoms with E-state index in [1.165, 1.54) is 32.3 Å². The monoisotopic (exact) mass is 241 g/mol. The van der Waals surface area contributed by atoms with Crippen LogP contribution in [0.25, 0.3) is 0 Å². The molecular weight excluding hydrogens is 226 g/mol. The summed E-state index contributed by atoms with van der Waals surface area (Å²) in [5.41, 5.74) is 5.25. The van der Waals surface area contributed by atoms with Gasteiger partial charge >= 0.3 is 0 Å². The number of hydrogen-bond acceptors (Lipinski definition) is 2. The molecule has 0 spiro atoms. The second kappa shape index (κ2) is 3.81. The van der Waals surface area contributed by atoms with Gasteiger partial charge in [0.05, 0.1) is 11.4 Å². The van der Waals surface area contributed by atoms with Crippen molar-refractivity contribution in [2.24, 2.45) is 0 Å². The van der Waals surface area contributed by atoms with Gasteiger partial charge in [0, 0.05) is 16.8 Å². The third-order valence-electron chi connectivity index (χ3n) is 3.17. The predicted octanol–water partition coefficient (Wildman–Crippen LogP) is 4.54. The summed E-state index contributed by atoms with van der Waals surface area (Å²) in [6, 6.07) is 13.3. The topological polar surface area (TPSA) is 3.24 Å². The Bertz CT molecular complexity index is 538. The minimum Gasteiger partial charge on any atom is -0.343 e. The third-order valence-corrected chi connectivity index (χ3v) is 4.27. The number of fused-ring (bicyclic) bond motifs is 2. The lowest BCUT2D eigenvalue weighted by atomic mass is 10.1. The summed E-state index contributed by atoms with van der Waals surface area (Å²) < 4.78 is 0. The van der Waals surface area contributed by atoms with Crippen LogP contribution >= 0.6 is 11.8 Å². The molecule has 1 aliphatic heterocycles. The molecule has 17 heavy (non-hydrogen) atoms. The molecule has 2 aromatic rings. The van der Waals surface area contributed by atoms with Crippen molar-refractivity contribution in [3.63, 3.8) is 0 Å². The Balaban J connectivity index is 2.17. The SMILES string of the molecule is Cc1ccc2c(c1)Sc1cc(C)ccc1N2C. The fraction of sp³-hybridized carbons (Fsp3) is 0.200. The van der Waals surface area contributed by atoms with Gasteiger partial charge in [0.15, 0.2) is 0 Å². The molecule has 0 aromatic heterocycles. The first-order chi connectivity index (χ1) is 8.15. The van der Waals surface area contributed by atoms with Crippen molar-refractivity contribution in [2.45, 2.75) is 23.6 Å². The lowest BCUT2D eigenvalue weighted by molar-refractivity contribution is 1.10. The maximum atomic E-state index is 2.28. The summed E-state index contributed by atoms with van der Waals surface area (Å²) >= 11 is 1.87. The molecule has 0 saturated heterocycles. The van der Waals surface area contributed by atoms with Crippen LogP contribution in [-0.2, 0) is 0 Å². The molecule has 2 aromatic carbocycles. The first kappa shape index (κ1) is 10.7. The maximum absolute atomic E-state index is 2.28. The van der Waals surface area contributed by atoms with E-state index in [1.807, 2.05) is 11.8 Å². The third kappa shape index (κ3) is 1.73. The molecule has 0 N–H and O–H groups in total. The van der Waals surface area contributed by atoms with Crippen molar-refractivity contribution in [1.82, 2.24) is 0 Å². The van der Waals surface area contributed by atoms with E-state index >= 15 is 0 Å². The zero-order valence-corrected chi connectivity index (χ0v) is 11.1. The Kier molecular flexibility index (Phi) is 2.40. The maximum Gasteiger partial charge on any atom is 0.0550 e. The highest BCUT2D eigenvalue weighted by molar-refractivity contribution is 7.99. The van der Waals surface area contributed by atoms with Gasteiger partial charge in [0.1, 0.15) is 0 Å². The Morgan fingerprint density at radius 1 is 0.824 bits per heavy atom. The average molecular weight is 241 g/mol. The van der Waals surface area contributed by atoms with Crippen molar-refractivity contribution in [3.05, 3.63) is 47.5 Å². The lowest BCUT2D eigenvalue weighted by Crippen LogP contribution is -2.14. The number of aryl methyl sites for hydroxylation is 2. The van der Waals surface area contributed by atoms with Crippen molar-refractivity contribution in [3.8, 4) is 0 Å². The zero-order chi connectivity index (χ0) is 12.0. The Labute approximate surface area is 106 Å². The van der Waals surface area contributed by atoms with Gasteiger partial charge < -0.3 is 4.90 Å². The molecule has 0 aliphatic carbocycles. The van der Waals surface area contributed by atoms with Gasteiger partial charge in [-0.15, -0.1) is 0 Å². The van der Waals surface area contributed by atoms with Crippen molar-refractivity contribution in [2.75, 3.05) is 11.9 Å². The van der Waals surface area contributed by atoms with E-state index in [2.05, 4.69) is 62.2 Å². The predicted molar refractivity (Wildman–Crippen MR) is 74.5 cm³/mol. The molecule has 0 fully saturated rings. The Hall–Kier alpha value is -1.41. The van der Waals surface area contributed by atoms with Crippen LogP contribution < -0.4 is 4.90 Å². The summed E-state index contributed by atoms with van der Waals surface area (Å²) in [4.78, 5) is 4.98. The molecule has 0 atom stereocenters. The van der Waals surface area contributed by atoms with Crippen LogP contribution in [0.1, 0.15) is 11.1 Å². The van der Waals surface area contributed by atoms with Crippen molar-refractivity contribution in [1.29, 1.82) is 0 Å². The van der Waals surface area contributed by atoms with Crippen LogP contribution in [0.4, 0.5) is 11.4 Å². The van der Waals surface area contributed by atoms with E-state index < -0.39 is 0 Å². The zero-order valence-electron chi connectivity index (χ0n) is 10.3. The highest BCUT2D eigenvalue weighted by Gasteiger charge is 2.20. The van der Waals surface area contributed by atoms with Crippen molar-refractivity contribution < 1.29 is 0 Å². The van der Waals surface area contributed by atoms with Gasteiger partial charge in [0.25, 0.3) is 0 Å². The minimum absolute atomic E-state index is 1.30. The summed E-state index contributed by atoms with van der Waals surface area (Å²) in [6.45, 7) is 4.29. The van der Waals surface area contributed by atoms with Gasteiger partial charge in [-0.3, -0.25) is 0 Å². The number of hydrogen-bond donors (Lipinski definition) is 0. The first-order valence-corrected chi connectivity index (χ1v) is 6.60. The van der Waals surface area contributed by atoms with Crippen LogP contribution in [0.15, 0.2) is 46.2 Å². The molecule has 0 saturated carbocycles. The van der Waals surface area contributed by atoms with Gasteiger partial charge in [-0.1, -0.05) is 23.9 Å². The van der Waals surface area contributed by atoms with Gasteiger partial charge in [0.2, 0.25) is 0 Å². The van der Waals surface area contributed by atoms with Crippen LogP contribution in [0.2, 0.25) is 0 Å². The molecule has 0 unspecified atom stereocenters. The number of benzene rings is 2. The quantitative estimate of drug-likeness (QED) is 0.666. The molecule has 86 valence electrons. The number of anilines is 2. The molecule has 2 heteroatoms. The highest BCUT2D eigenvalue weighted by Crippen LogP contribution is 2.47. The van der Waals surface area contributed by atoms with Crippen LogP contribution in [0.3, 0.4) is 0 Å². The molecule has 1 heterocycles. The van der Waals surface area contributed by atoms with Gasteiger partial charge in [-0.05, 0) is 49.2 Å². The molecular formula is C15H15NS. The van der Waals surface area contributed by atoms with Crippen molar-refractivity contribution >= 4 is 23.1 Å².